The van der Waals surface area contributed by atoms with E-state index in [0.29, 0.717) is 30.0 Å². The molecule has 0 bridgehead atoms. The van der Waals surface area contributed by atoms with Crippen molar-refractivity contribution in [2.24, 2.45) is 0 Å². The summed E-state index contributed by atoms with van der Waals surface area (Å²) in [5, 5.41) is 11.6. The first-order valence-corrected chi connectivity index (χ1v) is 16.0. The van der Waals surface area contributed by atoms with Crippen molar-refractivity contribution in [1.29, 1.82) is 0 Å². The van der Waals surface area contributed by atoms with Crippen molar-refractivity contribution in [2.45, 2.75) is 51.3 Å². The molecule has 5 heterocycles. The maximum absolute atomic E-state index is 17.2. The summed E-state index contributed by atoms with van der Waals surface area (Å²) in [5.41, 5.74) is 6.78. The highest BCUT2D eigenvalue weighted by Gasteiger charge is 2.33. The van der Waals surface area contributed by atoms with Crippen LogP contribution in [-0.2, 0) is 0 Å². The SMILES string of the molecule is C#Cc1c(F)ccc2cc(O)cc(-c3nc4c5c(nc(O[C@@H](C)[C@@H]6CCCN6C)nc5c3F)N([C@H](C)c3cccnc3N)CCCO4)c12. The molecule has 0 radical (unpaired) electrons. The minimum atomic E-state index is -0.829. The number of halogens is 2. The van der Waals surface area contributed by atoms with Crippen molar-refractivity contribution in [1.82, 2.24) is 24.8 Å². The van der Waals surface area contributed by atoms with Gasteiger partial charge in [-0.2, -0.15) is 9.97 Å². The number of ether oxygens (including phenoxy) is 2. The van der Waals surface area contributed by atoms with E-state index in [1.807, 2.05) is 37.9 Å². The molecule has 0 unspecified atom stereocenters. The van der Waals surface area contributed by atoms with Crippen molar-refractivity contribution >= 4 is 33.3 Å². The van der Waals surface area contributed by atoms with Crippen LogP contribution in [0.1, 0.15) is 50.3 Å². The third-order valence-electron chi connectivity index (χ3n) is 9.42. The standard InChI is InChI=1S/C36H35F2N7O3/c1-5-23-26(37)12-11-21-17-22(46)18-25(28(21)23)31-30(38)32-29-34(43-36(42-32)48-20(3)27-10-7-14-44(27)4)45(15-8-16-47-35(29)41-31)19(2)24-9-6-13-40-33(24)39/h1,6,9,11-13,17-20,27,46H,7-8,10,14-16H2,2-4H3,(H2,39,40)/t19-,20+,27+/m1/s1. The fourth-order valence-electron chi connectivity index (χ4n) is 7.01. The molecule has 2 aliphatic heterocycles. The number of pyridine rings is 2. The second-order valence-corrected chi connectivity index (χ2v) is 12.4. The molecule has 3 atom stereocenters. The third kappa shape index (κ3) is 5.34. The lowest BCUT2D eigenvalue weighted by atomic mass is 9.95. The van der Waals surface area contributed by atoms with Crippen LogP contribution in [-0.4, -0.2) is 68.8 Å². The van der Waals surface area contributed by atoms with Gasteiger partial charge in [0.1, 0.15) is 45.9 Å². The summed E-state index contributed by atoms with van der Waals surface area (Å²) in [6.45, 7) is 5.63. The van der Waals surface area contributed by atoms with Crippen LogP contribution in [0.15, 0.2) is 42.6 Å². The molecule has 3 N–H and O–H groups in total. The number of phenolic OH excluding ortho intramolecular Hbond substituents is 1. The summed E-state index contributed by atoms with van der Waals surface area (Å²) in [4.78, 5) is 22.7. The van der Waals surface area contributed by atoms with Crippen LogP contribution in [0.4, 0.5) is 20.4 Å². The monoisotopic (exact) mass is 651 g/mol. The van der Waals surface area contributed by atoms with Crippen LogP contribution in [0.5, 0.6) is 17.6 Å². The van der Waals surface area contributed by atoms with Gasteiger partial charge in [-0.15, -0.1) is 6.42 Å². The van der Waals surface area contributed by atoms with Gasteiger partial charge < -0.3 is 25.2 Å². The first-order valence-electron chi connectivity index (χ1n) is 16.0. The Morgan fingerprint density at radius 1 is 1.10 bits per heavy atom. The van der Waals surface area contributed by atoms with Gasteiger partial charge in [-0.1, -0.05) is 18.1 Å². The number of aromatic nitrogens is 4. The van der Waals surface area contributed by atoms with Crippen LogP contribution in [0.25, 0.3) is 32.9 Å². The number of hydrogen-bond acceptors (Lipinski definition) is 10. The average Bonchev–Trinajstić information content (AvgIpc) is 3.50. The highest BCUT2D eigenvalue weighted by atomic mass is 19.1. The number of aromatic hydroxyl groups is 1. The Morgan fingerprint density at radius 3 is 2.69 bits per heavy atom. The second kappa shape index (κ2) is 12.4. The first kappa shape index (κ1) is 31.3. The highest BCUT2D eigenvalue weighted by Crippen LogP contribution is 2.44. The molecule has 12 heteroatoms. The molecule has 3 aromatic heterocycles. The number of terminal acetylenes is 1. The molecule has 0 spiro atoms. The first-order chi connectivity index (χ1) is 23.2. The molecule has 5 aromatic rings. The van der Waals surface area contributed by atoms with Gasteiger partial charge in [0.2, 0.25) is 5.88 Å². The fourth-order valence-corrected chi connectivity index (χ4v) is 7.01. The van der Waals surface area contributed by atoms with Crippen molar-refractivity contribution < 1.29 is 23.4 Å². The minimum Gasteiger partial charge on any atom is -0.508 e. The number of nitrogens with two attached hydrogens (primary N) is 1. The number of nitrogen functional groups attached to an aromatic ring is 1. The van der Waals surface area contributed by atoms with Gasteiger partial charge in [0.05, 0.1) is 18.2 Å². The zero-order chi connectivity index (χ0) is 33.7. The molecule has 10 nitrogen and oxygen atoms in total. The molecule has 1 fully saturated rings. The largest absolute Gasteiger partial charge is 0.508 e. The van der Waals surface area contributed by atoms with E-state index in [4.69, 9.17) is 26.6 Å². The smallest absolute Gasteiger partial charge is 0.319 e. The number of hydrogen-bond donors (Lipinski definition) is 2. The van der Waals surface area contributed by atoms with Crippen LogP contribution in [0.3, 0.4) is 0 Å². The summed E-state index contributed by atoms with van der Waals surface area (Å²) in [7, 11) is 2.05. The Bertz CT molecular complexity index is 2100. The molecule has 0 saturated carbocycles. The van der Waals surface area contributed by atoms with Gasteiger partial charge in [0, 0.05) is 35.3 Å². The normalized spacial score (nSPS) is 17.8. The predicted molar refractivity (Wildman–Crippen MR) is 180 cm³/mol. The van der Waals surface area contributed by atoms with Crippen LogP contribution >= 0.6 is 0 Å². The summed E-state index contributed by atoms with van der Waals surface area (Å²) < 4.78 is 44.7. The molecule has 246 valence electrons. The lowest BCUT2D eigenvalue weighted by Crippen LogP contribution is -2.38. The molecule has 1 saturated heterocycles. The van der Waals surface area contributed by atoms with Crippen molar-refractivity contribution in [3.8, 4) is 41.2 Å². The summed E-state index contributed by atoms with van der Waals surface area (Å²) in [6.07, 6.45) is 9.62. The van der Waals surface area contributed by atoms with Crippen molar-refractivity contribution in [2.75, 3.05) is 37.4 Å². The Hall–Kier alpha value is -5.28. The topological polar surface area (TPSA) is 123 Å². The van der Waals surface area contributed by atoms with E-state index in [2.05, 4.69) is 25.8 Å². The van der Waals surface area contributed by atoms with E-state index in [0.717, 1.165) is 24.9 Å². The molecular formula is C36H35F2N7O3. The number of phenols is 1. The molecule has 0 aliphatic carbocycles. The molecule has 2 aliphatic rings. The minimum absolute atomic E-state index is 0.0136. The van der Waals surface area contributed by atoms with Gasteiger partial charge in [-0.3, -0.25) is 4.90 Å². The zero-order valence-electron chi connectivity index (χ0n) is 26.9. The van der Waals surface area contributed by atoms with Crippen LogP contribution < -0.4 is 20.1 Å². The van der Waals surface area contributed by atoms with Crippen molar-refractivity contribution in [3.63, 3.8) is 0 Å². The highest BCUT2D eigenvalue weighted by molar-refractivity contribution is 6.04. The number of rotatable bonds is 6. The molecule has 7 rings (SSSR count). The third-order valence-corrected chi connectivity index (χ3v) is 9.42. The van der Waals surface area contributed by atoms with E-state index in [1.54, 1.807) is 6.20 Å². The number of anilines is 2. The molecule has 0 amide bonds. The fraction of sp³-hybridized carbons (Fsp3) is 0.333. The quantitative estimate of drug-likeness (QED) is 0.212. The van der Waals surface area contributed by atoms with E-state index < -0.39 is 11.6 Å². The molecule has 48 heavy (non-hydrogen) atoms. The summed E-state index contributed by atoms with van der Waals surface area (Å²) in [5.74, 6) is 1.54. The van der Waals surface area contributed by atoms with E-state index in [-0.39, 0.29) is 75.5 Å². The molecule has 2 aromatic carbocycles. The Balaban J connectivity index is 1.50. The maximum atomic E-state index is 17.2. The second-order valence-electron chi connectivity index (χ2n) is 12.4. The number of likely N-dealkylation sites (tertiary alicyclic amines) is 1. The maximum Gasteiger partial charge on any atom is 0.319 e. The Morgan fingerprint density at radius 2 is 1.94 bits per heavy atom. The Labute approximate surface area is 276 Å². The summed E-state index contributed by atoms with van der Waals surface area (Å²) in [6, 6.07) is 8.93. The number of benzene rings is 2. The van der Waals surface area contributed by atoms with Crippen LogP contribution in [0, 0.1) is 24.0 Å². The lowest BCUT2D eigenvalue weighted by Gasteiger charge is -2.34. The van der Waals surface area contributed by atoms with Crippen molar-refractivity contribution in [3.05, 3.63) is 65.4 Å². The number of nitrogens with zero attached hydrogens (tertiary/aromatic N) is 6. The van der Waals surface area contributed by atoms with E-state index in [1.165, 1.54) is 24.3 Å². The zero-order valence-corrected chi connectivity index (χ0v) is 26.9. The number of fused-ring (bicyclic) bond motifs is 1. The summed E-state index contributed by atoms with van der Waals surface area (Å²) >= 11 is 0. The lowest BCUT2D eigenvalue weighted by molar-refractivity contribution is 0.112. The Kier molecular flexibility index (Phi) is 8.09. The average molecular weight is 652 g/mol. The molecular weight excluding hydrogens is 616 g/mol. The van der Waals surface area contributed by atoms with Gasteiger partial charge in [-0.05, 0) is 76.4 Å². The van der Waals surface area contributed by atoms with Gasteiger partial charge in [0.15, 0.2) is 5.82 Å². The number of likely N-dealkylation sites (N-methyl/N-ethyl adjacent to an activating group) is 1. The van der Waals surface area contributed by atoms with Crippen LogP contribution in [0.2, 0.25) is 0 Å². The van der Waals surface area contributed by atoms with E-state index in [9.17, 15) is 9.50 Å². The van der Waals surface area contributed by atoms with Gasteiger partial charge in [-0.25, -0.2) is 18.7 Å². The van der Waals surface area contributed by atoms with Gasteiger partial charge in [0.25, 0.3) is 0 Å². The predicted octanol–water partition coefficient (Wildman–Crippen LogP) is 6.00. The van der Waals surface area contributed by atoms with Gasteiger partial charge >= 0.3 is 6.01 Å². The van der Waals surface area contributed by atoms with E-state index >= 15 is 4.39 Å².